The molecule has 0 aliphatic carbocycles. The van der Waals surface area contributed by atoms with Gasteiger partial charge in [0.15, 0.2) is 17.3 Å². The first-order chi connectivity index (χ1) is 5.38. The number of hydrogen-bond donors (Lipinski definition) is 0. The van der Waals surface area contributed by atoms with Crippen LogP contribution in [0, 0.1) is 11.9 Å². The molecule has 1 aliphatic rings. The van der Waals surface area contributed by atoms with Crippen LogP contribution < -0.4 is 9.47 Å². The number of fused-ring (bicyclic) bond motifs is 1. The zero-order valence-corrected chi connectivity index (χ0v) is 5.76. The van der Waals surface area contributed by atoms with E-state index in [1.165, 1.54) is 6.07 Å². The predicted molar refractivity (Wildman–Crippen MR) is 36.2 cm³/mol. The van der Waals surface area contributed by atoms with E-state index < -0.39 is 5.82 Å². The highest BCUT2D eigenvalue weighted by Gasteiger charge is 2.14. The quantitative estimate of drug-likeness (QED) is 0.560. The summed E-state index contributed by atoms with van der Waals surface area (Å²) in [6.45, 7) is 0.887. The molecule has 0 saturated carbocycles. The Kier molecular flexibility index (Phi) is 1.42. The molecule has 0 aromatic heterocycles. The molecular formula is C8H6FO2. The monoisotopic (exact) mass is 153 g/mol. The minimum absolute atomic E-state index is 0.204. The fourth-order valence-corrected chi connectivity index (χ4v) is 0.982. The van der Waals surface area contributed by atoms with Crippen molar-refractivity contribution < 1.29 is 13.9 Å². The Balaban J connectivity index is 2.49. The Morgan fingerprint density at radius 3 is 2.91 bits per heavy atom. The van der Waals surface area contributed by atoms with Crippen LogP contribution in [-0.2, 0) is 0 Å². The topological polar surface area (TPSA) is 18.5 Å². The standard InChI is InChI=1S/C8H6FO2/c9-6-2-1-3-7-8(6)11-5-4-10-7/h2-3H,4-5H2. The molecule has 1 radical (unpaired) electrons. The van der Waals surface area contributed by atoms with E-state index in [-0.39, 0.29) is 5.75 Å². The molecule has 0 atom stereocenters. The van der Waals surface area contributed by atoms with Crippen molar-refractivity contribution in [2.75, 3.05) is 13.2 Å². The molecule has 0 bridgehead atoms. The average Bonchev–Trinajstić information content (AvgIpc) is 2.06. The lowest BCUT2D eigenvalue weighted by Crippen LogP contribution is -2.16. The summed E-state index contributed by atoms with van der Waals surface area (Å²) in [6, 6.07) is 5.41. The fourth-order valence-electron chi connectivity index (χ4n) is 0.982. The summed E-state index contributed by atoms with van der Waals surface area (Å²) in [6.07, 6.45) is 0. The first kappa shape index (κ1) is 6.46. The van der Waals surface area contributed by atoms with Gasteiger partial charge >= 0.3 is 0 Å². The van der Waals surface area contributed by atoms with Gasteiger partial charge in [0.05, 0.1) is 0 Å². The normalized spacial score (nSPS) is 14.6. The molecule has 1 aromatic rings. The second kappa shape index (κ2) is 2.42. The van der Waals surface area contributed by atoms with Gasteiger partial charge < -0.3 is 9.47 Å². The number of hydrogen-bond acceptors (Lipinski definition) is 2. The molecule has 1 heterocycles. The molecule has 0 fully saturated rings. The maximum absolute atomic E-state index is 12.8. The van der Waals surface area contributed by atoms with E-state index in [0.717, 1.165) is 0 Å². The van der Waals surface area contributed by atoms with E-state index in [4.69, 9.17) is 9.47 Å². The largest absolute Gasteiger partial charge is 0.486 e. The van der Waals surface area contributed by atoms with Crippen LogP contribution in [0.5, 0.6) is 11.5 Å². The summed E-state index contributed by atoms with van der Waals surface area (Å²) in [5.74, 6) is 0.230. The van der Waals surface area contributed by atoms with Crippen molar-refractivity contribution in [3.05, 3.63) is 24.0 Å². The first-order valence-electron chi connectivity index (χ1n) is 3.33. The molecule has 3 heteroatoms. The molecule has 0 N–H and O–H groups in total. The van der Waals surface area contributed by atoms with E-state index in [1.807, 2.05) is 0 Å². The van der Waals surface area contributed by atoms with Gasteiger partial charge in [-0.05, 0) is 18.2 Å². The Hall–Kier alpha value is -1.25. The van der Waals surface area contributed by atoms with Crippen LogP contribution >= 0.6 is 0 Å². The molecule has 1 aromatic carbocycles. The van der Waals surface area contributed by atoms with Crippen LogP contribution in [0.2, 0.25) is 0 Å². The number of halogens is 1. The van der Waals surface area contributed by atoms with E-state index in [0.29, 0.717) is 19.0 Å². The Morgan fingerprint density at radius 1 is 1.27 bits per heavy atom. The van der Waals surface area contributed by atoms with Crippen LogP contribution in [0.15, 0.2) is 12.1 Å². The lowest BCUT2D eigenvalue weighted by atomic mass is 10.3. The predicted octanol–water partition coefficient (Wildman–Crippen LogP) is 1.40. The second-order valence-corrected chi connectivity index (χ2v) is 2.19. The van der Waals surface area contributed by atoms with Gasteiger partial charge in [-0.3, -0.25) is 0 Å². The molecule has 0 spiro atoms. The second-order valence-electron chi connectivity index (χ2n) is 2.19. The SMILES string of the molecule is Fc1c[c]cc2c1OCCO2. The van der Waals surface area contributed by atoms with Crippen molar-refractivity contribution in [2.24, 2.45) is 0 Å². The summed E-state index contributed by atoms with van der Waals surface area (Å²) >= 11 is 0. The van der Waals surface area contributed by atoms with Crippen molar-refractivity contribution in [1.82, 2.24) is 0 Å². The van der Waals surface area contributed by atoms with Crippen LogP contribution in [0.4, 0.5) is 4.39 Å². The van der Waals surface area contributed by atoms with Gasteiger partial charge in [-0.1, -0.05) is 0 Å². The number of rotatable bonds is 0. The molecule has 2 nitrogen and oxygen atoms in total. The Bertz CT molecular complexity index is 273. The van der Waals surface area contributed by atoms with Gasteiger partial charge in [-0.2, -0.15) is 0 Å². The highest BCUT2D eigenvalue weighted by molar-refractivity contribution is 5.41. The third-order valence-corrected chi connectivity index (χ3v) is 1.45. The van der Waals surface area contributed by atoms with Crippen LogP contribution in [0.25, 0.3) is 0 Å². The maximum atomic E-state index is 12.8. The van der Waals surface area contributed by atoms with E-state index in [9.17, 15) is 4.39 Å². The number of benzene rings is 1. The van der Waals surface area contributed by atoms with Crippen molar-refractivity contribution in [2.45, 2.75) is 0 Å². The summed E-state index contributed by atoms with van der Waals surface area (Å²) < 4.78 is 23.0. The van der Waals surface area contributed by atoms with Gasteiger partial charge in [-0.15, -0.1) is 0 Å². The van der Waals surface area contributed by atoms with Crippen LogP contribution in [0.1, 0.15) is 0 Å². The minimum Gasteiger partial charge on any atom is -0.486 e. The van der Waals surface area contributed by atoms with Crippen molar-refractivity contribution in [1.29, 1.82) is 0 Å². The third-order valence-electron chi connectivity index (χ3n) is 1.45. The molecule has 1 aliphatic heterocycles. The molecular weight excluding hydrogens is 147 g/mol. The van der Waals surface area contributed by atoms with Crippen molar-refractivity contribution in [3.8, 4) is 11.5 Å². The summed E-state index contributed by atoms with van der Waals surface area (Å²) in [5, 5.41) is 0. The Morgan fingerprint density at radius 2 is 2.09 bits per heavy atom. The third kappa shape index (κ3) is 1.02. The zero-order chi connectivity index (χ0) is 7.68. The lowest BCUT2D eigenvalue weighted by Gasteiger charge is -2.17. The lowest BCUT2D eigenvalue weighted by molar-refractivity contribution is 0.164. The summed E-state index contributed by atoms with van der Waals surface area (Å²) in [5.41, 5.74) is 0. The van der Waals surface area contributed by atoms with Gasteiger partial charge in [0.25, 0.3) is 0 Å². The highest BCUT2D eigenvalue weighted by atomic mass is 19.1. The van der Waals surface area contributed by atoms with Crippen molar-refractivity contribution >= 4 is 0 Å². The van der Waals surface area contributed by atoms with Gasteiger partial charge in [0.1, 0.15) is 13.2 Å². The van der Waals surface area contributed by atoms with Crippen LogP contribution in [0.3, 0.4) is 0 Å². The van der Waals surface area contributed by atoms with E-state index in [1.54, 1.807) is 6.07 Å². The van der Waals surface area contributed by atoms with Crippen molar-refractivity contribution in [3.63, 3.8) is 0 Å². The van der Waals surface area contributed by atoms with E-state index in [2.05, 4.69) is 6.07 Å². The smallest absolute Gasteiger partial charge is 0.197 e. The number of ether oxygens (including phenoxy) is 2. The molecule has 0 unspecified atom stereocenters. The van der Waals surface area contributed by atoms with Gasteiger partial charge in [0, 0.05) is 0 Å². The van der Waals surface area contributed by atoms with Gasteiger partial charge in [-0.25, -0.2) is 4.39 Å². The van der Waals surface area contributed by atoms with Crippen LogP contribution in [-0.4, -0.2) is 13.2 Å². The molecule has 2 rings (SSSR count). The molecule has 0 saturated heterocycles. The van der Waals surface area contributed by atoms with Gasteiger partial charge in [0.2, 0.25) is 0 Å². The average molecular weight is 153 g/mol. The Labute approximate surface area is 63.5 Å². The minimum atomic E-state index is -0.415. The van der Waals surface area contributed by atoms with E-state index >= 15 is 0 Å². The maximum Gasteiger partial charge on any atom is 0.197 e. The molecule has 11 heavy (non-hydrogen) atoms. The molecule has 0 amide bonds. The fraction of sp³-hybridized carbons (Fsp3) is 0.250. The molecule has 57 valence electrons. The zero-order valence-electron chi connectivity index (χ0n) is 5.76. The first-order valence-corrected chi connectivity index (χ1v) is 3.33. The highest BCUT2D eigenvalue weighted by Crippen LogP contribution is 2.31. The summed E-state index contributed by atoms with van der Waals surface area (Å²) in [4.78, 5) is 0. The summed E-state index contributed by atoms with van der Waals surface area (Å²) in [7, 11) is 0.